The van der Waals surface area contributed by atoms with Crippen molar-refractivity contribution in [2.45, 2.75) is 32.4 Å². The van der Waals surface area contributed by atoms with E-state index in [9.17, 15) is 4.79 Å². The number of nitrogens with zero attached hydrogens (tertiary/aromatic N) is 4. The Morgan fingerprint density at radius 2 is 1.90 bits per heavy atom. The Hall–Kier alpha value is -2.82. The Bertz CT molecular complexity index is 1090. The van der Waals surface area contributed by atoms with Gasteiger partial charge in [0.05, 0.1) is 18.2 Å². The quantitative estimate of drug-likeness (QED) is 0.460. The number of rotatable bonds is 7. The number of aryl methyl sites for hydroxylation is 3. The third-order valence-corrected chi connectivity index (χ3v) is 5.62. The van der Waals surface area contributed by atoms with Crippen molar-refractivity contribution in [1.29, 1.82) is 5.26 Å². The second-order valence-corrected chi connectivity index (χ2v) is 8.26. The summed E-state index contributed by atoms with van der Waals surface area (Å²) in [6.45, 7) is 6.19. The number of hydrogen-bond donors (Lipinski definition) is 0. The molecule has 0 bridgehead atoms. The summed E-state index contributed by atoms with van der Waals surface area (Å²) in [5.41, 5.74) is 4.65. The van der Waals surface area contributed by atoms with Gasteiger partial charge in [-0.15, -0.1) is 10.2 Å². The lowest BCUT2D eigenvalue weighted by molar-refractivity contribution is -0.116. The van der Waals surface area contributed by atoms with E-state index >= 15 is 0 Å². The minimum absolute atomic E-state index is 0.113. The highest BCUT2D eigenvalue weighted by Crippen LogP contribution is 2.27. The average molecular weight is 441 g/mol. The maximum Gasteiger partial charge on any atom is 0.277 e. The Balaban J connectivity index is 1.71. The normalized spacial score (nSPS) is 10.6. The number of amides is 1. The van der Waals surface area contributed by atoms with Crippen LogP contribution >= 0.6 is 23.4 Å². The molecule has 30 heavy (non-hydrogen) atoms. The SMILES string of the molecule is Cc1cc(C)cc(-c2nnc(SCC(=O)N(CCC#N)c3ccc(Cl)c(C)c3)o2)c1. The molecule has 2 aromatic carbocycles. The number of carbonyl (C=O) groups excluding carboxylic acids is 1. The maximum atomic E-state index is 12.9. The maximum absolute atomic E-state index is 12.9. The highest BCUT2D eigenvalue weighted by atomic mass is 35.5. The van der Waals surface area contributed by atoms with Crippen LogP contribution in [0.5, 0.6) is 0 Å². The number of thioether (sulfide) groups is 1. The minimum atomic E-state index is -0.150. The average Bonchev–Trinajstić information content (AvgIpc) is 3.18. The number of anilines is 1. The van der Waals surface area contributed by atoms with Gasteiger partial charge in [-0.3, -0.25) is 4.79 Å². The van der Waals surface area contributed by atoms with Gasteiger partial charge < -0.3 is 9.32 Å². The van der Waals surface area contributed by atoms with E-state index in [1.807, 2.05) is 39.0 Å². The lowest BCUT2D eigenvalue weighted by Crippen LogP contribution is -2.33. The van der Waals surface area contributed by atoms with E-state index < -0.39 is 0 Å². The van der Waals surface area contributed by atoms with E-state index in [1.165, 1.54) is 11.8 Å². The van der Waals surface area contributed by atoms with Crippen LogP contribution in [0.1, 0.15) is 23.1 Å². The van der Waals surface area contributed by atoms with Crippen molar-refractivity contribution in [2.24, 2.45) is 0 Å². The summed E-state index contributed by atoms with van der Waals surface area (Å²) in [5, 5.41) is 18.1. The molecule has 0 spiro atoms. The van der Waals surface area contributed by atoms with E-state index in [0.717, 1.165) is 22.3 Å². The fourth-order valence-corrected chi connectivity index (χ4v) is 3.80. The smallest absolute Gasteiger partial charge is 0.277 e. The highest BCUT2D eigenvalue weighted by molar-refractivity contribution is 7.99. The van der Waals surface area contributed by atoms with Crippen LogP contribution in [0.4, 0.5) is 5.69 Å². The second-order valence-electron chi connectivity index (χ2n) is 6.93. The van der Waals surface area contributed by atoms with Crippen LogP contribution in [0.25, 0.3) is 11.5 Å². The summed E-state index contributed by atoms with van der Waals surface area (Å²) in [7, 11) is 0. The third-order valence-electron chi connectivity index (χ3n) is 4.40. The molecule has 0 aliphatic rings. The van der Waals surface area contributed by atoms with E-state index in [4.69, 9.17) is 21.3 Å². The van der Waals surface area contributed by atoms with Gasteiger partial charge in [0.2, 0.25) is 11.8 Å². The number of nitriles is 1. The number of benzene rings is 2. The molecule has 1 amide bonds. The molecule has 3 rings (SSSR count). The predicted octanol–water partition coefficient (Wildman–Crippen LogP) is 5.35. The van der Waals surface area contributed by atoms with Gasteiger partial charge in [0, 0.05) is 22.8 Å². The van der Waals surface area contributed by atoms with Crippen molar-refractivity contribution in [3.63, 3.8) is 0 Å². The summed E-state index contributed by atoms with van der Waals surface area (Å²) in [4.78, 5) is 14.4. The Morgan fingerprint density at radius 3 is 2.57 bits per heavy atom. The van der Waals surface area contributed by atoms with Crippen LogP contribution in [0.15, 0.2) is 46.0 Å². The molecule has 0 radical (unpaired) electrons. The standard InChI is InChI=1S/C22H21ClN4O2S/c1-14-9-15(2)11-17(10-14)21-25-26-22(29-21)30-13-20(28)27(8-4-7-24)18-5-6-19(23)16(3)12-18/h5-6,9-12H,4,8,13H2,1-3H3. The fraction of sp³-hybridized carbons (Fsp3) is 0.273. The molecule has 0 atom stereocenters. The molecule has 1 heterocycles. The van der Waals surface area contributed by atoms with Gasteiger partial charge in [-0.2, -0.15) is 5.26 Å². The number of carbonyl (C=O) groups is 1. The van der Waals surface area contributed by atoms with Crippen molar-refractivity contribution in [3.8, 4) is 17.5 Å². The molecule has 0 saturated heterocycles. The van der Waals surface area contributed by atoms with Crippen molar-refractivity contribution in [3.05, 3.63) is 58.1 Å². The lowest BCUT2D eigenvalue weighted by atomic mass is 10.1. The first kappa shape index (κ1) is 21.9. The predicted molar refractivity (Wildman–Crippen MR) is 119 cm³/mol. The first-order valence-electron chi connectivity index (χ1n) is 9.36. The first-order valence-corrected chi connectivity index (χ1v) is 10.7. The summed E-state index contributed by atoms with van der Waals surface area (Å²) in [5.74, 6) is 0.385. The molecule has 0 unspecified atom stereocenters. The van der Waals surface area contributed by atoms with Gasteiger partial charge in [0.1, 0.15) is 0 Å². The number of hydrogen-bond acceptors (Lipinski definition) is 6. The molecule has 0 saturated carbocycles. The van der Waals surface area contributed by atoms with Gasteiger partial charge in [-0.25, -0.2) is 0 Å². The number of aromatic nitrogens is 2. The Labute approximate surface area is 184 Å². The lowest BCUT2D eigenvalue weighted by Gasteiger charge is -2.22. The zero-order valence-corrected chi connectivity index (χ0v) is 18.5. The van der Waals surface area contributed by atoms with E-state index in [-0.39, 0.29) is 18.1 Å². The summed E-state index contributed by atoms with van der Waals surface area (Å²) in [6.07, 6.45) is 0.232. The molecule has 0 N–H and O–H groups in total. The van der Waals surface area contributed by atoms with Crippen molar-refractivity contribution < 1.29 is 9.21 Å². The zero-order valence-electron chi connectivity index (χ0n) is 17.0. The van der Waals surface area contributed by atoms with Crippen molar-refractivity contribution >= 4 is 35.0 Å². The molecule has 1 aromatic heterocycles. The van der Waals surface area contributed by atoms with Gasteiger partial charge >= 0.3 is 0 Å². The van der Waals surface area contributed by atoms with Crippen LogP contribution in [-0.4, -0.2) is 28.4 Å². The van der Waals surface area contributed by atoms with Crippen molar-refractivity contribution in [1.82, 2.24) is 10.2 Å². The van der Waals surface area contributed by atoms with E-state index in [2.05, 4.69) is 22.3 Å². The minimum Gasteiger partial charge on any atom is -0.411 e. The van der Waals surface area contributed by atoms with Crippen LogP contribution in [0, 0.1) is 32.1 Å². The molecule has 0 aliphatic carbocycles. The zero-order chi connectivity index (χ0) is 21.7. The highest BCUT2D eigenvalue weighted by Gasteiger charge is 2.18. The Kier molecular flexibility index (Phi) is 7.14. The van der Waals surface area contributed by atoms with Crippen LogP contribution in [0.3, 0.4) is 0 Å². The van der Waals surface area contributed by atoms with Crippen LogP contribution < -0.4 is 4.90 Å². The first-order chi connectivity index (χ1) is 14.4. The van der Waals surface area contributed by atoms with Crippen molar-refractivity contribution in [2.75, 3.05) is 17.2 Å². The van der Waals surface area contributed by atoms with Gasteiger partial charge in [0.15, 0.2) is 0 Å². The molecular formula is C22H21ClN4O2S. The third kappa shape index (κ3) is 5.41. The van der Waals surface area contributed by atoms with Gasteiger partial charge in [-0.1, -0.05) is 40.6 Å². The van der Waals surface area contributed by atoms with E-state index in [1.54, 1.807) is 17.0 Å². The van der Waals surface area contributed by atoms with Gasteiger partial charge in [0.25, 0.3) is 5.22 Å². The topological polar surface area (TPSA) is 83.0 Å². The fourth-order valence-electron chi connectivity index (χ4n) is 3.04. The second kappa shape index (κ2) is 9.79. The monoisotopic (exact) mass is 440 g/mol. The van der Waals surface area contributed by atoms with Crippen LogP contribution in [-0.2, 0) is 4.79 Å². The summed E-state index contributed by atoms with van der Waals surface area (Å²) >= 11 is 7.27. The van der Waals surface area contributed by atoms with Crippen LogP contribution in [0.2, 0.25) is 5.02 Å². The molecule has 0 aliphatic heterocycles. The summed E-state index contributed by atoms with van der Waals surface area (Å²) in [6, 6.07) is 13.5. The summed E-state index contributed by atoms with van der Waals surface area (Å²) < 4.78 is 5.73. The largest absolute Gasteiger partial charge is 0.411 e. The molecule has 6 nitrogen and oxygen atoms in total. The number of halogens is 1. The van der Waals surface area contributed by atoms with Gasteiger partial charge in [-0.05, 0) is 56.7 Å². The molecular weight excluding hydrogens is 420 g/mol. The Morgan fingerprint density at radius 1 is 1.17 bits per heavy atom. The molecule has 154 valence electrons. The molecule has 8 heteroatoms. The molecule has 0 fully saturated rings. The van der Waals surface area contributed by atoms with E-state index in [0.29, 0.717) is 28.4 Å². The molecule has 3 aromatic rings.